The van der Waals surface area contributed by atoms with Crippen LogP contribution < -0.4 is 9.88 Å². The zero-order chi connectivity index (χ0) is 10.6. The maximum atomic E-state index is 10.9. The molecule has 0 aliphatic heterocycles. The van der Waals surface area contributed by atoms with Crippen LogP contribution in [0.3, 0.4) is 0 Å². The van der Waals surface area contributed by atoms with Crippen molar-refractivity contribution in [3.05, 3.63) is 24.3 Å². The van der Waals surface area contributed by atoms with E-state index in [4.69, 9.17) is 15.0 Å². The van der Waals surface area contributed by atoms with Crippen molar-refractivity contribution in [1.29, 1.82) is 0 Å². The van der Waals surface area contributed by atoms with Gasteiger partial charge in [-0.05, 0) is 24.3 Å². The van der Waals surface area contributed by atoms with Gasteiger partial charge in [-0.25, -0.2) is 13.6 Å². The van der Waals surface area contributed by atoms with Crippen LogP contribution in [0.15, 0.2) is 29.2 Å². The number of primary sulfonamides is 1. The largest absolute Gasteiger partial charge is 0.491 e. The summed E-state index contributed by atoms with van der Waals surface area (Å²) in [4.78, 5) is 0.0360. The second-order valence-electron chi connectivity index (χ2n) is 2.59. The van der Waals surface area contributed by atoms with Crippen molar-refractivity contribution < 1.29 is 18.3 Å². The monoisotopic (exact) mass is 217 g/mol. The normalized spacial score (nSPS) is 11.3. The van der Waals surface area contributed by atoms with Crippen LogP contribution in [0.2, 0.25) is 0 Å². The Hall–Kier alpha value is -1.11. The zero-order valence-electron chi connectivity index (χ0n) is 7.38. The molecular formula is C8H11NO4S. The number of rotatable bonds is 4. The maximum Gasteiger partial charge on any atom is 0.238 e. The highest BCUT2D eigenvalue weighted by molar-refractivity contribution is 7.89. The second kappa shape index (κ2) is 4.41. The molecule has 0 aromatic heterocycles. The molecule has 0 saturated heterocycles. The van der Waals surface area contributed by atoms with E-state index in [9.17, 15) is 8.42 Å². The van der Waals surface area contributed by atoms with E-state index in [1.807, 2.05) is 0 Å². The molecule has 78 valence electrons. The predicted octanol–water partition coefficient (Wildman–Crippen LogP) is -0.295. The van der Waals surface area contributed by atoms with E-state index in [1.165, 1.54) is 24.3 Å². The molecule has 5 nitrogen and oxygen atoms in total. The first-order valence-corrected chi connectivity index (χ1v) is 5.45. The van der Waals surface area contributed by atoms with E-state index >= 15 is 0 Å². The van der Waals surface area contributed by atoms with Crippen LogP contribution in [0.5, 0.6) is 5.75 Å². The fraction of sp³-hybridized carbons (Fsp3) is 0.250. The molecular weight excluding hydrogens is 206 g/mol. The standard InChI is InChI=1S/C8H11NO4S/c9-14(11,12)8-3-1-7(2-4-8)13-6-5-10/h1-4,10H,5-6H2,(H2,9,11,12). The van der Waals surface area contributed by atoms with Crippen molar-refractivity contribution in [1.82, 2.24) is 0 Å². The molecule has 1 aromatic carbocycles. The first-order chi connectivity index (χ1) is 6.54. The highest BCUT2D eigenvalue weighted by Crippen LogP contribution is 2.14. The van der Waals surface area contributed by atoms with E-state index in [1.54, 1.807) is 0 Å². The van der Waals surface area contributed by atoms with Crippen molar-refractivity contribution >= 4 is 10.0 Å². The minimum atomic E-state index is -3.65. The molecule has 0 spiro atoms. The number of hydrogen-bond acceptors (Lipinski definition) is 4. The van der Waals surface area contributed by atoms with E-state index in [0.29, 0.717) is 5.75 Å². The number of aliphatic hydroxyl groups excluding tert-OH is 1. The Kier molecular flexibility index (Phi) is 3.45. The molecule has 0 atom stereocenters. The lowest BCUT2D eigenvalue weighted by molar-refractivity contribution is 0.201. The Balaban J connectivity index is 2.79. The van der Waals surface area contributed by atoms with Gasteiger partial charge in [0.1, 0.15) is 12.4 Å². The molecule has 0 radical (unpaired) electrons. The average Bonchev–Trinajstić information content (AvgIpc) is 2.14. The van der Waals surface area contributed by atoms with Gasteiger partial charge in [0.2, 0.25) is 10.0 Å². The number of benzene rings is 1. The van der Waals surface area contributed by atoms with Crippen LogP contribution in [-0.2, 0) is 10.0 Å². The van der Waals surface area contributed by atoms with Gasteiger partial charge in [0, 0.05) is 0 Å². The summed E-state index contributed by atoms with van der Waals surface area (Å²) in [6.07, 6.45) is 0. The van der Waals surface area contributed by atoms with Gasteiger partial charge in [0.15, 0.2) is 0 Å². The van der Waals surface area contributed by atoms with E-state index < -0.39 is 10.0 Å². The van der Waals surface area contributed by atoms with Crippen LogP contribution in [-0.4, -0.2) is 26.7 Å². The van der Waals surface area contributed by atoms with E-state index in [-0.39, 0.29) is 18.1 Å². The Bertz CT molecular complexity index is 384. The molecule has 0 aliphatic rings. The summed E-state index contributed by atoms with van der Waals surface area (Å²) < 4.78 is 26.7. The van der Waals surface area contributed by atoms with Crippen LogP contribution in [0.25, 0.3) is 0 Å². The first-order valence-electron chi connectivity index (χ1n) is 3.90. The third-order valence-electron chi connectivity index (χ3n) is 1.51. The highest BCUT2D eigenvalue weighted by atomic mass is 32.2. The molecule has 0 heterocycles. The Morgan fingerprint density at radius 3 is 2.29 bits per heavy atom. The minimum absolute atomic E-state index is 0.0360. The molecule has 0 unspecified atom stereocenters. The quantitative estimate of drug-likeness (QED) is 0.725. The summed E-state index contributed by atoms with van der Waals surface area (Å²) in [5, 5.41) is 13.4. The van der Waals surface area contributed by atoms with Crippen molar-refractivity contribution in [2.75, 3.05) is 13.2 Å². The van der Waals surface area contributed by atoms with Crippen LogP contribution in [0, 0.1) is 0 Å². The van der Waals surface area contributed by atoms with Gasteiger partial charge in [-0.2, -0.15) is 0 Å². The van der Waals surface area contributed by atoms with Gasteiger partial charge in [-0.3, -0.25) is 0 Å². The van der Waals surface area contributed by atoms with Gasteiger partial charge in [-0.15, -0.1) is 0 Å². The Morgan fingerprint density at radius 2 is 1.86 bits per heavy atom. The lowest BCUT2D eigenvalue weighted by Crippen LogP contribution is -2.11. The third kappa shape index (κ3) is 2.99. The summed E-state index contributed by atoms with van der Waals surface area (Å²) in [6, 6.07) is 5.66. The molecule has 1 aromatic rings. The molecule has 0 saturated carbocycles. The van der Waals surface area contributed by atoms with Crippen LogP contribution in [0.1, 0.15) is 0 Å². The topological polar surface area (TPSA) is 89.6 Å². The summed E-state index contributed by atoms with van der Waals surface area (Å²) in [6.45, 7) is 0.0889. The molecule has 1 rings (SSSR count). The average molecular weight is 217 g/mol. The molecule has 0 aliphatic carbocycles. The van der Waals surface area contributed by atoms with Crippen molar-refractivity contribution in [2.24, 2.45) is 5.14 Å². The summed E-state index contributed by atoms with van der Waals surface area (Å²) in [5.74, 6) is 0.492. The molecule has 14 heavy (non-hydrogen) atoms. The molecule has 0 bridgehead atoms. The minimum Gasteiger partial charge on any atom is -0.491 e. The number of hydrogen-bond donors (Lipinski definition) is 2. The number of sulfonamides is 1. The summed E-state index contributed by atoms with van der Waals surface area (Å²) in [7, 11) is -3.65. The number of aliphatic hydroxyl groups is 1. The van der Waals surface area contributed by atoms with E-state index in [0.717, 1.165) is 0 Å². The van der Waals surface area contributed by atoms with Crippen molar-refractivity contribution in [2.45, 2.75) is 4.90 Å². The molecule has 6 heteroatoms. The number of ether oxygens (including phenoxy) is 1. The predicted molar refractivity (Wildman–Crippen MR) is 50.4 cm³/mol. The zero-order valence-corrected chi connectivity index (χ0v) is 8.20. The lowest BCUT2D eigenvalue weighted by atomic mass is 10.3. The molecule has 0 fully saturated rings. The smallest absolute Gasteiger partial charge is 0.238 e. The molecule has 0 amide bonds. The van der Waals surface area contributed by atoms with Crippen molar-refractivity contribution in [3.8, 4) is 5.75 Å². The Morgan fingerprint density at radius 1 is 1.29 bits per heavy atom. The highest BCUT2D eigenvalue weighted by Gasteiger charge is 2.06. The molecule has 3 N–H and O–H groups in total. The van der Waals surface area contributed by atoms with Gasteiger partial charge < -0.3 is 9.84 Å². The summed E-state index contributed by atoms with van der Waals surface area (Å²) in [5.41, 5.74) is 0. The third-order valence-corrected chi connectivity index (χ3v) is 2.44. The number of nitrogens with two attached hydrogens (primary N) is 1. The maximum absolute atomic E-state index is 10.9. The van der Waals surface area contributed by atoms with Crippen molar-refractivity contribution in [3.63, 3.8) is 0 Å². The van der Waals surface area contributed by atoms with Gasteiger partial charge >= 0.3 is 0 Å². The fourth-order valence-electron chi connectivity index (χ4n) is 0.889. The first kappa shape index (κ1) is 11.0. The fourth-order valence-corrected chi connectivity index (χ4v) is 1.40. The van der Waals surface area contributed by atoms with Gasteiger partial charge in [0.05, 0.1) is 11.5 Å². The SMILES string of the molecule is NS(=O)(=O)c1ccc(OCCO)cc1. The van der Waals surface area contributed by atoms with Crippen LogP contribution in [0.4, 0.5) is 0 Å². The van der Waals surface area contributed by atoms with Crippen LogP contribution >= 0.6 is 0 Å². The van der Waals surface area contributed by atoms with E-state index in [2.05, 4.69) is 0 Å². The van der Waals surface area contributed by atoms with Gasteiger partial charge in [0.25, 0.3) is 0 Å². The second-order valence-corrected chi connectivity index (χ2v) is 4.15. The lowest BCUT2D eigenvalue weighted by Gasteiger charge is -2.04. The summed E-state index contributed by atoms with van der Waals surface area (Å²) >= 11 is 0. The Labute approximate surface area is 82.2 Å². The van der Waals surface area contributed by atoms with Gasteiger partial charge in [-0.1, -0.05) is 0 Å².